The molecule has 0 nitrogen and oxygen atoms in total. The zero-order valence-corrected chi connectivity index (χ0v) is 13.6. The molecule has 0 bridgehead atoms. The van der Waals surface area contributed by atoms with Crippen LogP contribution >= 0.6 is 27.3 Å². The van der Waals surface area contributed by atoms with Gasteiger partial charge >= 0.3 is 0 Å². The molecule has 1 heterocycles. The van der Waals surface area contributed by atoms with Crippen LogP contribution in [0, 0.1) is 0 Å². The first-order valence-electron chi connectivity index (χ1n) is 6.09. The molecule has 0 atom stereocenters. The van der Waals surface area contributed by atoms with Gasteiger partial charge in [0.2, 0.25) is 0 Å². The first-order valence-corrected chi connectivity index (χ1v) is 7.70. The summed E-state index contributed by atoms with van der Waals surface area (Å²) in [7, 11) is 0. The van der Waals surface area contributed by atoms with E-state index in [1.165, 1.54) is 10.1 Å². The molecule has 0 fully saturated rings. The largest absolute Gasteiger partial charge is 0.135 e. The Morgan fingerprint density at radius 3 is 2.60 bits per heavy atom. The molecular formula is C18H15BrS. The third-order valence-electron chi connectivity index (χ3n) is 2.93. The molecule has 20 heavy (non-hydrogen) atoms. The summed E-state index contributed by atoms with van der Waals surface area (Å²) in [5.74, 6) is 0. The Labute approximate surface area is 131 Å². The van der Waals surface area contributed by atoms with Gasteiger partial charge < -0.3 is 0 Å². The zero-order chi connectivity index (χ0) is 14.7. The predicted octanol–water partition coefficient (Wildman–Crippen LogP) is 4.76. The predicted molar refractivity (Wildman–Crippen MR) is 97.5 cm³/mol. The van der Waals surface area contributed by atoms with Crippen LogP contribution in [-0.2, 0) is 0 Å². The average Bonchev–Trinajstić information content (AvgIpc) is 2.74. The van der Waals surface area contributed by atoms with Crippen molar-refractivity contribution in [1.29, 1.82) is 0 Å². The molecule has 1 aromatic heterocycles. The molecular weight excluding hydrogens is 328 g/mol. The van der Waals surface area contributed by atoms with E-state index in [9.17, 15) is 0 Å². The molecule has 0 aliphatic rings. The third-order valence-corrected chi connectivity index (χ3v) is 4.44. The molecule has 0 aliphatic carbocycles. The van der Waals surface area contributed by atoms with Crippen molar-refractivity contribution in [2.75, 3.05) is 0 Å². The second-order valence-electron chi connectivity index (χ2n) is 4.33. The molecule has 0 amide bonds. The van der Waals surface area contributed by atoms with Crippen molar-refractivity contribution < 1.29 is 0 Å². The maximum atomic E-state index is 4.16. The van der Waals surface area contributed by atoms with Crippen LogP contribution in [0.2, 0.25) is 0 Å². The number of rotatable bonds is 4. The molecule has 0 aliphatic heterocycles. The highest BCUT2D eigenvalue weighted by Crippen LogP contribution is 2.26. The van der Waals surface area contributed by atoms with Crippen LogP contribution in [0.5, 0.6) is 0 Å². The highest BCUT2D eigenvalue weighted by Gasteiger charge is 2.06. The fourth-order valence-electron chi connectivity index (χ4n) is 1.96. The molecule has 0 saturated carbocycles. The van der Waals surface area contributed by atoms with Gasteiger partial charge in [0.05, 0.1) is 0 Å². The van der Waals surface area contributed by atoms with E-state index in [1.807, 2.05) is 24.3 Å². The third kappa shape index (κ3) is 2.92. The summed E-state index contributed by atoms with van der Waals surface area (Å²) in [5.41, 5.74) is 2.09. The summed E-state index contributed by atoms with van der Waals surface area (Å²) < 4.78 is 3.18. The van der Waals surface area contributed by atoms with Gasteiger partial charge in [0.15, 0.2) is 0 Å². The topological polar surface area (TPSA) is 0 Å². The van der Waals surface area contributed by atoms with Crippen LogP contribution < -0.4 is 9.75 Å². The molecule has 0 radical (unpaired) electrons. The Hall–Kier alpha value is -1.64. The van der Waals surface area contributed by atoms with Crippen molar-refractivity contribution in [3.05, 3.63) is 76.0 Å². The van der Waals surface area contributed by atoms with E-state index in [-0.39, 0.29) is 0 Å². The molecule has 0 saturated heterocycles. The number of benzene rings is 1. The Morgan fingerprint density at radius 1 is 1.20 bits per heavy atom. The Bertz CT molecular complexity index is 834. The first kappa shape index (κ1) is 14.8. The SMILES string of the molecule is C=C/C=c1/sc2c(C(=C)/C=C\C(=C)Br)cccc2c1=C. The number of thiophene rings is 1. The van der Waals surface area contributed by atoms with Gasteiger partial charge in [-0.2, -0.15) is 0 Å². The van der Waals surface area contributed by atoms with Gasteiger partial charge in [-0.05, 0) is 28.5 Å². The van der Waals surface area contributed by atoms with Crippen molar-refractivity contribution in [1.82, 2.24) is 0 Å². The highest BCUT2D eigenvalue weighted by atomic mass is 79.9. The van der Waals surface area contributed by atoms with Crippen LogP contribution in [0.25, 0.3) is 28.3 Å². The van der Waals surface area contributed by atoms with E-state index in [0.29, 0.717) is 0 Å². The number of hydrogen-bond donors (Lipinski definition) is 0. The van der Waals surface area contributed by atoms with Crippen molar-refractivity contribution in [2.24, 2.45) is 0 Å². The molecule has 2 aromatic rings. The highest BCUT2D eigenvalue weighted by molar-refractivity contribution is 9.11. The number of allylic oxidation sites excluding steroid dienone is 5. The monoisotopic (exact) mass is 342 g/mol. The molecule has 100 valence electrons. The number of halogens is 1. The quantitative estimate of drug-likeness (QED) is 0.703. The summed E-state index contributed by atoms with van der Waals surface area (Å²) in [5, 5.41) is 2.22. The lowest BCUT2D eigenvalue weighted by atomic mass is 10.0. The molecule has 2 heteroatoms. The van der Waals surface area contributed by atoms with Gasteiger partial charge in [-0.15, -0.1) is 11.3 Å². The van der Waals surface area contributed by atoms with Gasteiger partial charge in [0.25, 0.3) is 0 Å². The van der Waals surface area contributed by atoms with E-state index < -0.39 is 0 Å². The molecule has 0 spiro atoms. The molecule has 0 unspecified atom stereocenters. The zero-order valence-electron chi connectivity index (χ0n) is 11.2. The van der Waals surface area contributed by atoms with Crippen molar-refractivity contribution in [3.63, 3.8) is 0 Å². The minimum absolute atomic E-state index is 0.829. The summed E-state index contributed by atoms with van der Waals surface area (Å²) in [4.78, 5) is 0. The Kier molecular flexibility index (Phi) is 4.58. The van der Waals surface area contributed by atoms with E-state index in [1.54, 1.807) is 17.4 Å². The number of fused-ring (bicyclic) bond motifs is 1. The van der Waals surface area contributed by atoms with Gasteiger partial charge in [0, 0.05) is 19.1 Å². The summed E-state index contributed by atoms with van der Waals surface area (Å²) >= 11 is 5.04. The first-order chi connectivity index (χ1) is 9.54. The number of hydrogen-bond acceptors (Lipinski definition) is 1. The Morgan fingerprint density at radius 2 is 1.95 bits per heavy atom. The summed E-state index contributed by atoms with van der Waals surface area (Å²) in [6.45, 7) is 15.8. The molecule has 0 N–H and O–H groups in total. The van der Waals surface area contributed by atoms with Crippen LogP contribution in [0.1, 0.15) is 5.56 Å². The lowest BCUT2D eigenvalue weighted by Crippen LogP contribution is -2.15. The Balaban J connectivity index is 2.67. The second-order valence-corrected chi connectivity index (χ2v) is 6.41. The lowest BCUT2D eigenvalue weighted by molar-refractivity contribution is 1.72. The standard InChI is InChI=1S/C18H15BrS/c1-5-7-17-14(4)16-9-6-8-15(18(16)20-17)12(2)10-11-13(3)19/h5-11H,1-4H2/b11-10-,17-7+. The molecule has 2 rings (SSSR count). The van der Waals surface area contributed by atoms with Crippen LogP contribution in [0.3, 0.4) is 0 Å². The summed E-state index contributed by atoms with van der Waals surface area (Å²) in [6.07, 6.45) is 7.65. The normalized spacial score (nSPS) is 12.2. The fraction of sp³-hybridized carbons (Fsp3) is 0. The van der Waals surface area contributed by atoms with Gasteiger partial charge in [-0.1, -0.05) is 72.6 Å². The maximum absolute atomic E-state index is 4.16. The van der Waals surface area contributed by atoms with Crippen LogP contribution in [0.15, 0.2) is 60.6 Å². The lowest BCUT2D eigenvalue weighted by Gasteiger charge is -2.02. The average molecular weight is 343 g/mol. The van der Waals surface area contributed by atoms with Crippen molar-refractivity contribution >= 4 is 55.6 Å². The van der Waals surface area contributed by atoms with Crippen molar-refractivity contribution in [2.45, 2.75) is 0 Å². The van der Waals surface area contributed by atoms with E-state index in [4.69, 9.17) is 0 Å². The second kappa shape index (κ2) is 6.21. The molecule has 1 aromatic carbocycles. The minimum Gasteiger partial charge on any atom is -0.135 e. The van der Waals surface area contributed by atoms with Gasteiger partial charge in [-0.3, -0.25) is 0 Å². The van der Waals surface area contributed by atoms with Gasteiger partial charge in [0.1, 0.15) is 0 Å². The summed E-state index contributed by atoms with van der Waals surface area (Å²) in [6, 6.07) is 6.22. The fourth-order valence-corrected chi connectivity index (χ4v) is 3.32. The minimum atomic E-state index is 0.829. The van der Waals surface area contributed by atoms with Crippen LogP contribution in [0.4, 0.5) is 0 Å². The van der Waals surface area contributed by atoms with Gasteiger partial charge in [-0.25, -0.2) is 0 Å². The van der Waals surface area contributed by atoms with E-state index in [2.05, 4.69) is 54.4 Å². The smallest absolute Gasteiger partial charge is 0.0433 e. The maximum Gasteiger partial charge on any atom is 0.0433 e. The van der Waals surface area contributed by atoms with Crippen molar-refractivity contribution in [3.8, 4) is 0 Å². The van der Waals surface area contributed by atoms with E-state index >= 15 is 0 Å². The van der Waals surface area contributed by atoms with Crippen LogP contribution in [-0.4, -0.2) is 0 Å². The van der Waals surface area contributed by atoms with E-state index in [0.717, 1.165) is 25.4 Å².